The van der Waals surface area contributed by atoms with Gasteiger partial charge in [-0.25, -0.2) is 5.48 Å². The molecule has 0 unspecified atom stereocenters. The number of phenolic OH excluding ortho intramolecular Hbond substituents is 1. The van der Waals surface area contributed by atoms with E-state index in [0.29, 0.717) is 18.4 Å². The van der Waals surface area contributed by atoms with Gasteiger partial charge < -0.3 is 10.2 Å². The molecule has 0 bridgehead atoms. The van der Waals surface area contributed by atoms with Crippen LogP contribution < -0.4 is 5.48 Å². The van der Waals surface area contributed by atoms with E-state index in [1.807, 2.05) is 13.8 Å². The van der Waals surface area contributed by atoms with Crippen LogP contribution in [0.1, 0.15) is 38.4 Å². The molecular formula is C15H20INO4. The highest BCUT2D eigenvalue weighted by Crippen LogP contribution is 2.41. The number of benzene rings is 1. The summed E-state index contributed by atoms with van der Waals surface area (Å²) in [5, 5.41) is 28.8. The molecule has 0 aliphatic rings. The monoisotopic (exact) mass is 405 g/mol. The molecule has 1 atom stereocenters. The number of aliphatic hydroxyl groups excluding tert-OH is 1. The van der Waals surface area contributed by atoms with Crippen LogP contribution in [-0.2, 0) is 4.79 Å². The standard InChI is InChI=1S/C15H20INO4/c1-15(2,8-4-3-5-13(19)17-21)14(20)11-9-10(16)6-7-12(11)18/h3,5-7,9,14,18,20-21H,4,8H2,1-2H3,(H,17,19)/b5-3+/t14-/m0/s1. The third kappa shape index (κ3) is 5.29. The Morgan fingerprint density at radius 1 is 1.48 bits per heavy atom. The summed E-state index contributed by atoms with van der Waals surface area (Å²) in [6.07, 6.45) is 3.25. The minimum Gasteiger partial charge on any atom is -0.508 e. The van der Waals surface area contributed by atoms with Crippen LogP contribution in [0.25, 0.3) is 0 Å². The molecule has 0 spiro atoms. The van der Waals surface area contributed by atoms with Gasteiger partial charge in [-0.1, -0.05) is 19.9 Å². The van der Waals surface area contributed by atoms with Crippen molar-refractivity contribution in [2.24, 2.45) is 5.41 Å². The predicted octanol–water partition coefficient (Wildman–Crippen LogP) is 2.90. The Morgan fingerprint density at radius 2 is 2.14 bits per heavy atom. The second-order valence-corrected chi connectivity index (χ2v) is 6.76. The number of carbonyl (C=O) groups excluding carboxylic acids is 1. The van der Waals surface area contributed by atoms with Crippen molar-refractivity contribution in [3.63, 3.8) is 0 Å². The van der Waals surface area contributed by atoms with Gasteiger partial charge in [0.2, 0.25) is 0 Å². The second-order valence-electron chi connectivity index (χ2n) is 5.51. The van der Waals surface area contributed by atoms with Crippen LogP contribution in [0.15, 0.2) is 30.4 Å². The zero-order chi connectivity index (χ0) is 16.0. The average molecular weight is 405 g/mol. The van der Waals surface area contributed by atoms with Crippen LogP contribution in [0.2, 0.25) is 0 Å². The van der Waals surface area contributed by atoms with Crippen LogP contribution in [0.3, 0.4) is 0 Å². The number of rotatable bonds is 6. The second kappa shape index (κ2) is 7.77. The molecule has 0 aliphatic heterocycles. The fraction of sp³-hybridized carbons (Fsp3) is 0.400. The molecule has 1 aromatic rings. The van der Waals surface area contributed by atoms with Gasteiger partial charge in [-0.05, 0) is 59.0 Å². The minimum atomic E-state index is -0.813. The van der Waals surface area contributed by atoms with Crippen LogP contribution >= 0.6 is 22.6 Å². The third-order valence-electron chi connectivity index (χ3n) is 3.36. The van der Waals surface area contributed by atoms with E-state index < -0.39 is 17.4 Å². The molecule has 1 amide bonds. The number of carbonyl (C=O) groups is 1. The highest BCUT2D eigenvalue weighted by atomic mass is 127. The van der Waals surface area contributed by atoms with Crippen molar-refractivity contribution in [1.29, 1.82) is 0 Å². The van der Waals surface area contributed by atoms with Gasteiger partial charge in [0, 0.05) is 15.2 Å². The summed E-state index contributed by atoms with van der Waals surface area (Å²) >= 11 is 2.13. The van der Waals surface area contributed by atoms with Crippen LogP contribution in [0.5, 0.6) is 5.75 Å². The Kier molecular flexibility index (Phi) is 6.63. The Morgan fingerprint density at radius 3 is 2.76 bits per heavy atom. The Balaban J connectivity index is 2.75. The maximum absolute atomic E-state index is 10.8. The third-order valence-corrected chi connectivity index (χ3v) is 4.03. The Hall–Kier alpha value is -1.12. The number of nitrogens with one attached hydrogen (secondary N) is 1. The largest absolute Gasteiger partial charge is 0.508 e. The first-order chi connectivity index (χ1) is 9.77. The quantitative estimate of drug-likeness (QED) is 0.254. The van der Waals surface area contributed by atoms with Gasteiger partial charge in [-0.15, -0.1) is 0 Å². The van der Waals surface area contributed by atoms with E-state index in [1.165, 1.54) is 11.6 Å². The van der Waals surface area contributed by atoms with Gasteiger partial charge in [-0.3, -0.25) is 10.0 Å². The molecule has 21 heavy (non-hydrogen) atoms. The van der Waals surface area contributed by atoms with E-state index in [4.69, 9.17) is 5.21 Å². The lowest BCUT2D eigenvalue weighted by atomic mass is 9.78. The number of aromatic hydroxyl groups is 1. The van der Waals surface area contributed by atoms with Crippen molar-refractivity contribution in [2.45, 2.75) is 32.8 Å². The maximum atomic E-state index is 10.8. The van der Waals surface area contributed by atoms with Gasteiger partial charge in [0.1, 0.15) is 5.75 Å². The smallest absolute Gasteiger partial charge is 0.267 e. The highest BCUT2D eigenvalue weighted by Gasteiger charge is 2.30. The number of hydrogen-bond acceptors (Lipinski definition) is 4. The van der Waals surface area contributed by atoms with E-state index >= 15 is 0 Å². The van der Waals surface area contributed by atoms with Crippen molar-refractivity contribution in [1.82, 2.24) is 5.48 Å². The lowest BCUT2D eigenvalue weighted by Crippen LogP contribution is -2.22. The van der Waals surface area contributed by atoms with Crippen LogP contribution in [-0.4, -0.2) is 21.3 Å². The zero-order valence-electron chi connectivity index (χ0n) is 12.0. The summed E-state index contributed by atoms with van der Waals surface area (Å²) in [5.74, 6) is -0.505. The SMILES string of the molecule is CC(C)(CC/C=C/C(=O)NO)[C@@H](O)c1cc(I)ccc1O. The van der Waals surface area contributed by atoms with Crippen molar-refractivity contribution in [2.75, 3.05) is 0 Å². The topological polar surface area (TPSA) is 89.8 Å². The van der Waals surface area contributed by atoms with Gasteiger partial charge in [-0.2, -0.15) is 0 Å². The van der Waals surface area contributed by atoms with Crippen molar-refractivity contribution in [3.8, 4) is 5.75 Å². The Bertz CT molecular complexity index is 528. The van der Waals surface area contributed by atoms with Crippen LogP contribution in [0.4, 0.5) is 0 Å². The summed E-state index contributed by atoms with van der Waals surface area (Å²) in [6.45, 7) is 3.80. The van der Waals surface area contributed by atoms with Crippen molar-refractivity contribution >= 4 is 28.5 Å². The number of amides is 1. The fourth-order valence-corrected chi connectivity index (χ4v) is 2.50. The van der Waals surface area contributed by atoms with E-state index in [-0.39, 0.29) is 5.75 Å². The molecule has 4 N–H and O–H groups in total. The fourth-order valence-electron chi connectivity index (χ4n) is 1.99. The normalized spacial score (nSPS) is 13.4. The molecule has 0 saturated heterocycles. The van der Waals surface area contributed by atoms with Gasteiger partial charge in [0.05, 0.1) is 6.10 Å². The average Bonchev–Trinajstić information content (AvgIpc) is 2.45. The molecule has 0 radical (unpaired) electrons. The lowest BCUT2D eigenvalue weighted by molar-refractivity contribution is -0.124. The van der Waals surface area contributed by atoms with E-state index in [0.717, 1.165) is 3.57 Å². The first-order valence-corrected chi connectivity index (χ1v) is 7.63. The molecule has 6 heteroatoms. The molecule has 5 nitrogen and oxygen atoms in total. The summed E-state index contributed by atoms with van der Waals surface area (Å²) in [4.78, 5) is 10.8. The summed E-state index contributed by atoms with van der Waals surface area (Å²) in [6, 6.07) is 5.11. The van der Waals surface area contributed by atoms with Gasteiger partial charge in [0.15, 0.2) is 0 Å². The van der Waals surface area contributed by atoms with E-state index in [9.17, 15) is 15.0 Å². The zero-order valence-corrected chi connectivity index (χ0v) is 14.2. The number of aliphatic hydroxyl groups is 1. The number of allylic oxidation sites excluding steroid dienone is 1. The maximum Gasteiger partial charge on any atom is 0.267 e. The first kappa shape index (κ1) is 17.9. The molecule has 0 aliphatic carbocycles. The summed E-state index contributed by atoms with van der Waals surface area (Å²) in [5.41, 5.74) is 1.55. The molecule has 0 heterocycles. The van der Waals surface area contributed by atoms with Gasteiger partial charge >= 0.3 is 0 Å². The number of halogens is 1. The lowest BCUT2D eigenvalue weighted by Gasteiger charge is -2.31. The molecule has 1 rings (SSSR count). The van der Waals surface area contributed by atoms with E-state index in [1.54, 1.807) is 24.3 Å². The summed E-state index contributed by atoms with van der Waals surface area (Å²) < 4.78 is 0.940. The molecule has 1 aromatic carbocycles. The van der Waals surface area contributed by atoms with Crippen molar-refractivity contribution in [3.05, 3.63) is 39.5 Å². The molecular weight excluding hydrogens is 385 g/mol. The first-order valence-electron chi connectivity index (χ1n) is 6.55. The summed E-state index contributed by atoms with van der Waals surface area (Å²) in [7, 11) is 0. The minimum absolute atomic E-state index is 0.0752. The van der Waals surface area contributed by atoms with Crippen LogP contribution in [0, 0.1) is 8.99 Å². The number of hydrogen-bond donors (Lipinski definition) is 4. The molecule has 0 fully saturated rings. The number of hydroxylamine groups is 1. The number of phenols is 1. The molecule has 0 aromatic heterocycles. The van der Waals surface area contributed by atoms with E-state index in [2.05, 4.69) is 22.6 Å². The van der Waals surface area contributed by atoms with Crippen molar-refractivity contribution < 1.29 is 20.2 Å². The van der Waals surface area contributed by atoms with Gasteiger partial charge in [0.25, 0.3) is 5.91 Å². The molecule has 116 valence electrons. The predicted molar refractivity (Wildman–Crippen MR) is 87.9 cm³/mol. The highest BCUT2D eigenvalue weighted by molar-refractivity contribution is 14.1. The Labute approximate surface area is 137 Å². The molecule has 0 saturated carbocycles.